The first-order valence-electron chi connectivity index (χ1n) is 11.0. The van der Waals surface area contributed by atoms with Gasteiger partial charge in [0.1, 0.15) is 0 Å². The molecule has 1 unspecified atom stereocenters. The molecule has 1 heteroatoms. The van der Waals surface area contributed by atoms with Gasteiger partial charge in [0, 0.05) is 0 Å². The molecule has 0 spiro atoms. The van der Waals surface area contributed by atoms with E-state index in [4.69, 9.17) is 0 Å². The third kappa shape index (κ3) is 4.40. The van der Waals surface area contributed by atoms with E-state index >= 15 is 0 Å². The fourth-order valence-corrected chi connectivity index (χ4v) is 21.2. The fourth-order valence-electron chi connectivity index (χ4n) is 5.21. The summed E-state index contributed by atoms with van der Waals surface area (Å²) in [6, 6.07) is 9.21. The predicted molar refractivity (Wildman–Crippen MR) is 118 cm³/mol. The van der Waals surface area contributed by atoms with E-state index < -0.39 is 20.3 Å². The van der Waals surface area contributed by atoms with Gasteiger partial charge >= 0.3 is 172 Å². The summed E-state index contributed by atoms with van der Waals surface area (Å²) in [5.41, 5.74) is 4.81. The zero-order valence-corrected chi connectivity index (χ0v) is 19.8. The van der Waals surface area contributed by atoms with Crippen molar-refractivity contribution in [2.24, 2.45) is 0 Å². The van der Waals surface area contributed by atoms with E-state index in [1.54, 1.807) is 11.1 Å². The third-order valence-electron chi connectivity index (χ3n) is 6.59. The molecule has 0 N–H and O–H groups in total. The molecule has 0 saturated carbocycles. The number of rotatable bonds is 11. The minimum atomic E-state index is -2.62. The molecule has 3 rings (SSSR count). The van der Waals surface area contributed by atoms with Crippen molar-refractivity contribution in [2.75, 3.05) is 0 Å². The van der Waals surface area contributed by atoms with Gasteiger partial charge in [0.25, 0.3) is 0 Å². The topological polar surface area (TPSA) is 0 Å². The fraction of sp³-hybridized carbons (Fsp3) is 0.462. The SMILES string of the molecule is C=CCCC1=[C]([Zr]([CH2]CCC)([CH2]CCC)[CH]2C=Cc3ccccc32)CC=C1. The summed E-state index contributed by atoms with van der Waals surface area (Å²) in [4.78, 5) is 0. The normalized spacial score (nSPS) is 18.4. The molecule has 0 nitrogen and oxygen atoms in total. The molecule has 2 aliphatic carbocycles. The van der Waals surface area contributed by atoms with Gasteiger partial charge < -0.3 is 0 Å². The molecule has 0 fully saturated rings. The van der Waals surface area contributed by atoms with E-state index in [-0.39, 0.29) is 0 Å². The molecular formula is C26H36Zr. The molecule has 1 aromatic carbocycles. The Kier molecular flexibility index (Phi) is 7.71. The summed E-state index contributed by atoms with van der Waals surface area (Å²) in [7, 11) is 0. The zero-order chi connectivity index (χ0) is 19.1. The van der Waals surface area contributed by atoms with Crippen molar-refractivity contribution in [3.63, 3.8) is 0 Å². The molecule has 27 heavy (non-hydrogen) atoms. The second kappa shape index (κ2) is 10.0. The van der Waals surface area contributed by atoms with Crippen LogP contribution in [0.15, 0.2) is 64.0 Å². The zero-order valence-electron chi connectivity index (χ0n) is 17.3. The van der Waals surface area contributed by atoms with Gasteiger partial charge in [-0.1, -0.05) is 0 Å². The van der Waals surface area contributed by atoms with Crippen LogP contribution in [0.1, 0.15) is 73.5 Å². The van der Waals surface area contributed by atoms with E-state index in [0.29, 0.717) is 0 Å². The number of hydrogen-bond acceptors (Lipinski definition) is 0. The molecule has 144 valence electrons. The second-order valence-electron chi connectivity index (χ2n) is 8.27. The first kappa shape index (κ1) is 20.8. The summed E-state index contributed by atoms with van der Waals surface area (Å²) in [5, 5.41) is 0. The molecule has 0 aromatic heterocycles. The van der Waals surface area contributed by atoms with Crippen LogP contribution in [0.25, 0.3) is 6.08 Å². The first-order valence-corrected chi connectivity index (χ1v) is 17.2. The quantitative estimate of drug-likeness (QED) is 0.303. The van der Waals surface area contributed by atoms with Crippen molar-refractivity contribution in [2.45, 2.75) is 70.7 Å². The van der Waals surface area contributed by atoms with Crippen LogP contribution in [-0.2, 0) is 20.3 Å². The van der Waals surface area contributed by atoms with Crippen molar-refractivity contribution in [1.29, 1.82) is 0 Å². The van der Waals surface area contributed by atoms with Crippen LogP contribution >= 0.6 is 0 Å². The van der Waals surface area contributed by atoms with Crippen LogP contribution in [-0.4, -0.2) is 0 Å². The average Bonchev–Trinajstić information content (AvgIpc) is 3.35. The van der Waals surface area contributed by atoms with Crippen molar-refractivity contribution < 1.29 is 20.3 Å². The molecular weight excluding hydrogens is 404 g/mol. The predicted octanol–water partition coefficient (Wildman–Crippen LogP) is 8.53. The van der Waals surface area contributed by atoms with Crippen molar-refractivity contribution in [1.82, 2.24) is 0 Å². The van der Waals surface area contributed by atoms with Crippen LogP contribution < -0.4 is 0 Å². The maximum absolute atomic E-state index is 3.97. The van der Waals surface area contributed by atoms with Crippen LogP contribution in [0.4, 0.5) is 0 Å². The van der Waals surface area contributed by atoms with E-state index in [9.17, 15) is 0 Å². The Balaban J connectivity index is 2.08. The Morgan fingerprint density at radius 3 is 2.52 bits per heavy atom. The third-order valence-corrected chi connectivity index (χ3v) is 21.1. The number of benzene rings is 1. The van der Waals surface area contributed by atoms with Gasteiger partial charge in [-0.05, 0) is 0 Å². The van der Waals surface area contributed by atoms with Gasteiger partial charge in [-0.2, -0.15) is 0 Å². The van der Waals surface area contributed by atoms with Gasteiger partial charge in [0.2, 0.25) is 0 Å². The number of fused-ring (bicyclic) bond motifs is 1. The number of allylic oxidation sites excluding steroid dienone is 6. The summed E-state index contributed by atoms with van der Waals surface area (Å²) in [6.45, 7) is 8.71. The molecule has 0 amide bonds. The van der Waals surface area contributed by atoms with E-state index in [0.717, 1.165) is 10.0 Å². The molecule has 0 radical (unpaired) electrons. The molecule has 0 aliphatic heterocycles. The van der Waals surface area contributed by atoms with E-state index in [1.807, 2.05) is 3.28 Å². The van der Waals surface area contributed by atoms with Crippen LogP contribution in [0.5, 0.6) is 0 Å². The standard InChI is InChI=1S/C9H7.C9H11.2C4H9.Zr/c1-2-5-9-7-3-6-8(9)4-1;1-2-3-6-9-7-4-5-8-9;2*1-3-4-2;/h1-7H;2,4,7H,1,3,5-6H2;2*1,3-4H2,2H3;. The van der Waals surface area contributed by atoms with Crippen LogP contribution in [0.2, 0.25) is 8.26 Å². The summed E-state index contributed by atoms with van der Waals surface area (Å²) in [6.07, 6.45) is 21.1. The Morgan fingerprint density at radius 1 is 1.07 bits per heavy atom. The van der Waals surface area contributed by atoms with Gasteiger partial charge in [-0.15, -0.1) is 0 Å². The van der Waals surface area contributed by atoms with E-state index in [1.165, 1.54) is 52.3 Å². The number of unbranched alkanes of at least 4 members (excludes halogenated alkanes) is 2. The Labute approximate surface area is 171 Å². The number of hydrogen-bond donors (Lipinski definition) is 0. The molecule has 1 atom stereocenters. The Hall–Kier alpha value is -0.937. The maximum atomic E-state index is 3.97. The van der Waals surface area contributed by atoms with Gasteiger partial charge in [0.05, 0.1) is 0 Å². The Morgan fingerprint density at radius 2 is 1.81 bits per heavy atom. The molecule has 0 bridgehead atoms. The van der Waals surface area contributed by atoms with Crippen molar-refractivity contribution >= 4 is 6.08 Å². The van der Waals surface area contributed by atoms with E-state index in [2.05, 4.69) is 75.1 Å². The minimum absolute atomic E-state index is 0.738. The van der Waals surface area contributed by atoms with Crippen molar-refractivity contribution in [3.05, 3.63) is 75.1 Å². The summed E-state index contributed by atoms with van der Waals surface area (Å²) < 4.78 is 5.72. The average molecular weight is 440 g/mol. The van der Waals surface area contributed by atoms with Gasteiger partial charge in [0.15, 0.2) is 0 Å². The van der Waals surface area contributed by atoms with Crippen LogP contribution in [0, 0.1) is 0 Å². The monoisotopic (exact) mass is 438 g/mol. The summed E-state index contributed by atoms with van der Waals surface area (Å²) in [5.74, 6) is 0. The molecule has 0 saturated heterocycles. The second-order valence-corrected chi connectivity index (χ2v) is 19.4. The molecule has 0 heterocycles. The van der Waals surface area contributed by atoms with Gasteiger partial charge in [-0.25, -0.2) is 0 Å². The Bertz CT molecular complexity index is 726. The molecule has 2 aliphatic rings. The van der Waals surface area contributed by atoms with Gasteiger partial charge in [-0.3, -0.25) is 0 Å². The van der Waals surface area contributed by atoms with Crippen LogP contribution in [0.3, 0.4) is 0 Å². The first-order chi connectivity index (χ1) is 13.3. The summed E-state index contributed by atoms with van der Waals surface area (Å²) >= 11 is -2.62. The molecule has 1 aromatic rings. The van der Waals surface area contributed by atoms with Crippen molar-refractivity contribution in [3.8, 4) is 0 Å².